The molecule has 23 heavy (non-hydrogen) atoms. The molecule has 0 saturated carbocycles. The van der Waals surface area contributed by atoms with Crippen LogP contribution in [0, 0.1) is 0 Å². The first-order valence-corrected chi connectivity index (χ1v) is 7.32. The van der Waals surface area contributed by atoms with Gasteiger partial charge in [-0.1, -0.05) is 48.0 Å². The van der Waals surface area contributed by atoms with Crippen molar-refractivity contribution in [3.8, 4) is 11.1 Å². The Bertz CT molecular complexity index is 970. The second-order valence-corrected chi connectivity index (χ2v) is 5.69. The number of fused-ring (bicyclic) bond motifs is 2. The molecule has 0 unspecified atom stereocenters. The predicted octanol–water partition coefficient (Wildman–Crippen LogP) is 3.96. The van der Waals surface area contributed by atoms with Crippen molar-refractivity contribution < 1.29 is 14.0 Å². The Morgan fingerprint density at radius 1 is 0.826 bits per heavy atom. The average Bonchev–Trinajstić information content (AvgIpc) is 2.91. The molecule has 1 heterocycles. The fraction of sp³-hybridized carbons (Fsp3) is 0. The van der Waals surface area contributed by atoms with E-state index in [0.717, 1.165) is 0 Å². The number of rotatable bonds is 1. The third-order valence-corrected chi connectivity index (χ3v) is 4.17. The molecule has 0 fully saturated rings. The summed E-state index contributed by atoms with van der Waals surface area (Å²) < 4.78 is 5.44. The van der Waals surface area contributed by atoms with E-state index >= 15 is 0 Å². The number of halogens is 1. The number of hydrogen-bond acceptors (Lipinski definition) is 4. The van der Waals surface area contributed by atoms with Crippen molar-refractivity contribution in [2.75, 3.05) is 5.73 Å². The van der Waals surface area contributed by atoms with Crippen LogP contribution in [0.5, 0.6) is 0 Å². The lowest BCUT2D eigenvalue weighted by Crippen LogP contribution is -2.19. The fourth-order valence-corrected chi connectivity index (χ4v) is 2.99. The molecule has 2 N–H and O–H groups in total. The summed E-state index contributed by atoms with van der Waals surface area (Å²) in [6.07, 6.45) is 0. The number of nitrogens with two attached hydrogens (primary N) is 1. The number of nitrogen functional groups attached to an aromatic ring is 1. The van der Waals surface area contributed by atoms with Crippen molar-refractivity contribution >= 4 is 29.1 Å². The topological polar surface area (TPSA) is 73.3 Å². The van der Waals surface area contributed by atoms with E-state index in [0.29, 0.717) is 27.3 Å². The normalized spacial score (nSPS) is 12.9. The van der Waals surface area contributed by atoms with Crippen LogP contribution in [-0.2, 0) is 0 Å². The Hall–Kier alpha value is -2.85. The maximum Gasteiger partial charge on any atom is 0.229 e. The summed E-state index contributed by atoms with van der Waals surface area (Å²) in [4.78, 5) is 25.4. The zero-order valence-corrected chi connectivity index (χ0v) is 12.6. The molecular formula is C18H10ClNO3. The van der Waals surface area contributed by atoms with Crippen LogP contribution in [0.3, 0.4) is 0 Å². The second-order valence-electron chi connectivity index (χ2n) is 5.26. The van der Waals surface area contributed by atoms with E-state index in [4.69, 9.17) is 21.8 Å². The van der Waals surface area contributed by atoms with E-state index in [1.807, 2.05) is 0 Å². The highest BCUT2D eigenvalue weighted by Crippen LogP contribution is 2.40. The molecule has 0 atom stereocenters. The van der Waals surface area contributed by atoms with Crippen LogP contribution in [-0.4, -0.2) is 11.6 Å². The van der Waals surface area contributed by atoms with Crippen molar-refractivity contribution in [3.63, 3.8) is 0 Å². The molecule has 4 nitrogen and oxygen atoms in total. The Kier molecular flexibility index (Phi) is 2.89. The third kappa shape index (κ3) is 1.92. The molecule has 0 amide bonds. The van der Waals surface area contributed by atoms with Crippen molar-refractivity contribution in [2.45, 2.75) is 0 Å². The number of carbonyl (C=O) groups excluding carboxylic acids is 2. The molecule has 3 aromatic rings. The lowest BCUT2D eigenvalue weighted by atomic mass is 9.85. The van der Waals surface area contributed by atoms with Gasteiger partial charge in [-0.05, 0) is 17.7 Å². The van der Waals surface area contributed by atoms with Crippen LogP contribution >= 0.6 is 11.6 Å². The molecular weight excluding hydrogens is 314 g/mol. The summed E-state index contributed by atoms with van der Waals surface area (Å²) >= 11 is 5.90. The number of hydrogen-bond donors (Lipinski definition) is 1. The Balaban J connectivity index is 2.00. The van der Waals surface area contributed by atoms with Gasteiger partial charge in [-0.2, -0.15) is 0 Å². The first-order chi connectivity index (χ1) is 11.1. The molecule has 1 aliphatic carbocycles. The lowest BCUT2D eigenvalue weighted by molar-refractivity contribution is 0.0961. The second kappa shape index (κ2) is 4.83. The van der Waals surface area contributed by atoms with E-state index in [9.17, 15) is 9.59 Å². The molecule has 112 valence electrons. The van der Waals surface area contributed by atoms with Gasteiger partial charge in [0.1, 0.15) is 0 Å². The van der Waals surface area contributed by atoms with E-state index < -0.39 is 0 Å². The molecule has 1 aliphatic rings. The molecule has 0 aliphatic heterocycles. The number of furan rings is 1. The highest BCUT2D eigenvalue weighted by molar-refractivity contribution is 6.31. The quantitative estimate of drug-likeness (QED) is 0.575. The van der Waals surface area contributed by atoms with Gasteiger partial charge in [0.15, 0.2) is 17.4 Å². The van der Waals surface area contributed by atoms with Gasteiger partial charge < -0.3 is 10.2 Å². The van der Waals surface area contributed by atoms with Gasteiger partial charge >= 0.3 is 0 Å². The predicted molar refractivity (Wildman–Crippen MR) is 86.9 cm³/mol. The smallest absolute Gasteiger partial charge is 0.229 e. The zero-order valence-electron chi connectivity index (χ0n) is 11.8. The van der Waals surface area contributed by atoms with E-state index in [2.05, 4.69) is 0 Å². The van der Waals surface area contributed by atoms with E-state index in [1.54, 1.807) is 48.5 Å². The molecule has 0 radical (unpaired) electrons. The van der Waals surface area contributed by atoms with Crippen LogP contribution in [0.1, 0.15) is 32.0 Å². The van der Waals surface area contributed by atoms with Gasteiger partial charge in [-0.15, -0.1) is 0 Å². The minimum Gasteiger partial charge on any atom is -0.436 e. The van der Waals surface area contributed by atoms with Crippen molar-refractivity contribution in [1.82, 2.24) is 0 Å². The molecule has 1 aromatic heterocycles. The van der Waals surface area contributed by atoms with Crippen LogP contribution in [0.25, 0.3) is 11.1 Å². The highest BCUT2D eigenvalue weighted by atomic mass is 35.5. The van der Waals surface area contributed by atoms with Crippen LogP contribution in [0.15, 0.2) is 52.9 Å². The zero-order chi connectivity index (χ0) is 16.1. The Labute approximate surface area is 136 Å². The summed E-state index contributed by atoms with van der Waals surface area (Å²) in [6, 6.07) is 13.5. The summed E-state index contributed by atoms with van der Waals surface area (Å²) in [5, 5.41) is 0.567. The van der Waals surface area contributed by atoms with Crippen LogP contribution in [0.2, 0.25) is 5.02 Å². The molecule has 0 spiro atoms. The van der Waals surface area contributed by atoms with Crippen LogP contribution in [0.4, 0.5) is 5.88 Å². The van der Waals surface area contributed by atoms with Crippen LogP contribution < -0.4 is 5.73 Å². The van der Waals surface area contributed by atoms with E-state index in [1.165, 1.54) is 0 Å². The largest absolute Gasteiger partial charge is 0.436 e. The number of ketones is 2. The Morgan fingerprint density at radius 3 is 2.09 bits per heavy atom. The maximum atomic E-state index is 12.8. The number of carbonyl (C=O) groups is 2. The van der Waals surface area contributed by atoms with Gasteiger partial charge in [-0.3, -0.25) is 9.59 Å². The van der Waals surface area contributed by atoms with Gasteiger partial charge in [0.05, 0.1) is 11.1 Å². The van der Waals surface area contributed by atoms with Crippen molar-refractivity contribution in [1.29, 1.82) is 0 Å². The first-order valence-electron chi connectivity index (χ1n) is 6.94. The molecule has 0 bridgehead atoms. The fourth-order valence-electron chi connectivity index (χ4n) is 2.86. The van der Waals surface area contributed by atoms with E-state index in [-0.39, 0.29) is 28.8 Å². The average molecular weight is 324 g/mol. The highest BCUT2D eigenvalue weighted by Gasteiger charge is 2.36. The minimum atomic E-state index is -0.331. The van der Waals surface area contributed by atoms with Gasteiger partial charge in [0.25, 0.3) is 0 Å². The monoisotopic (exact) mass is 323 g/mol. The minimum absolute atomic E-state index is 0.00356. The summed E-state index contributed by atoms with van der Waals surface area (Å²) in [5.41, 5.74) is 7.97. The van der Waals surface area contributed by atoms with Gasteiger partial charge in [0, 0.05) is 16.1 Å². The number of benzene rings is 2. The molecule has 4 rings (SSSR count). The SMILES string of the molecule is Nc1oc2c(c1-c1ccc(Cl)cc1)C(=O)c1ccccc1C2=O. The Morgan fingerprint density at radius 2 is 1.43 bits per heavy atom. The van der Waals surface area contributed by atoms with Gasteiger partial charge in [0.2, 0.25) is 5.78 Å². The van der Waals surface area contributed by atoms with Gasteiger partial charge in [-0.25, -0.2) is 0 Å². The van der Waals surface area contributed by atoms with Crippen molar-refractivity contribution in [2.24, 2.45) is 0 Å². The lowest BCUT2D eigenvalue weighted by Gasteiger charge is -2.13. The standard InChI is InChI=1S/C18H10ClNO3/c19-10-7-5-9(6-8-10)13-14-15(21)11-3-1-2-4-12(11)16(22)17(14)23-18(13)20/h1-8H,20H2. The third-order valence-electron chi connectivity index (χ3n) is 3.92. The summed E-state index contributed by atoms with van der Waals surface area (Å²) in [5.74, 6) is -0.550. The molecule has 2 aromatic carbocycles. The number of anilines is 1. The molecule has 5 heteroatoms. The maximum absolute atomic E-state index is 12.8. The van der Waals surface area contributed by atoms with Crippen molar-refractivity contribution in [3.05, 3.63) is 76.0 Å². The first kappa shape index (κ1) is 13.8. The summed E-state index contributed by atoms with van der Waals surface area (Å²) in [7, 11) is 0. The summed E-state index contributed by atoms with van der Waals surface area (Å²) in [6.45, 7) is 0. The molecule has 0 saturated heterocycles.